The van der Waals surface area contributed by atoms with Crippen molar-refractivity contribution in [2.75, 3.05) is 5.32 Å². The third-order valence-corrected chi connectivity index (χ3v) is 3.78. The maximum absolute atomic E-state index is 11.9. The Kier molecular flexibility index (Phi) is 5.24. The largest absolute Gasteiger partial charge is 0.619 e. The van der Waals surface area contributed by atoms with Gasteiger partial charge in [0.25, 0.3) is 5.91 Å². The maximum Gasteiger partial charge on any atom is 0.292 e. The fraction of sp³-hybridized carbons (Fsp3) is 0.0714. The third kappa shape index (κ3) is 4.10. The number of carbonyl (C=O) groups is 2. The smallest absolute Gasteiger partial charge is 0.292 e. The van der Waals surface area contributed by atoms with Crippen molar-refractivity contribution < 1.29 is 14.3 Å². The van der Waals surface area contributed by atoms with Gasteiger partial charge in [0.15, 0.2) is 12.4 Å². The van der Waals surface area contributed by atoms with E-state index in [0.717, 1.165) is 0 Å². The van der Waals surface area contributed by atoms with Crippen LogP contribution < -0.4 is 10.0 Å². The molecule has 114 valence electrons. The highest BCUT2D eigenvalue weighted by Gasteiger charge is 2.17. The number of halogens is 3. The molecule has 0 bridgehead atoms. The number of rotatable bonds is 4. The number of anilines is 1. The number of hydrogen-bond donors (Lipinski definition) is 1. The van der Waals surface area contributed by atoms with E-state index in [0.29, 0.717) is 10.3 Å². The molecule has 2 rings (SSSR count). The molecule has 0 saturated carbocycles. The second kappa shape index (κ2) is 6.96. The number of nitrogens with zero attached hydrogens (tertiary/aromatic N) is 1. The third-order valence-electron chi connectivity index (χ3n) is 2.75. The molecule has 0 saturated heterocycles. The Hall–Kier alpha value is -1.82. The minimum atomic E-state index is -0.834. The number of amides is 1. The van der Waals surface area contributed by atoms with Gasteiger partial charge >= 0.3 is 0 Å². The van der Waals surface area contributed by atoms with Crippen LogP contribution >= 0.6 is 34.8 Å². The summed E-state index contributed by atoms with van der Waals surface area (Å²) >= 11 is 17.5. The summed E-state index contributed by atoms with van der Waals surface area (Å²) in [6, 6.07) is 5.66. The van der Waals surface area contributed by atoms with Gasteiger partial charge in [-0.1, -0.05) is 34.8 Å². The Morgan fingerprint density at radius 3 is 2.27 bits per heavy atom. The average Bonchev–Trinajstić information content (AvgIpc) is 2.47. The van der Waals surface area contributed by atoms with E-state index in [-0.39, 0.29) is 27.2 Å². The molecule has 0 aliphatic heterocycles. The average molecular weight is 360 g/mol. The lowest BCUT2D eigenvalue weighted by atomic mass is 10.1. The number of benzene rings is 1. The van der Waals surface area contributed by atoms with E-state index in [1.54, 1.807) is 0 Å². The second-order valence-corrected chi connectivity index (χ2v) is 5.59. The Bertz CT molecular complexity index is 733. The molecule has 0 fully saturated rings. The van der Waals surface area contributed by atoms with E-state index in [1.807, 2.05) is 0 Å². The number of hydrogen-bond acceptors (Lipinski definition) is 3. The van der Waals surface area contributed by atoms with Gasteiger partial charge in [0.1, 0.15) is 0 Å². The van der Waals surface area contributed by atoms with Gasteiger partial charge in [-0.05, 0) is 17.7 Å². The second-order valence-electron chi connectivity index (χ2n) is 4.37. The van der Waals surface area contributed by atoms with Crippen molar-refractivity contribution >= 4 is 52.2 Å². The topological polar surface area (TPSA) is 73.1 Å². The molecule has 0 spiro atoms. The lowest BCUT2D eigenvalue weighted by Crippen LogP contribution is -2.26. The van der Waals surface area contributed by atoms with Crippen molar-refractivity contribution in [3.05, 3.63) is 62.5 Å². The van der Waals surface area contributed by atoms with Crippen LogP contribution in [-0.2, 0) is 16.0 Å². The van der Waals surface area contributed by atoms with Crippen molar-refractivity contribution in [3.8, 4) is 0 Å². The van der Waals surface area contributed by atoms with Crippen LogP contribution in [0, 0.1) is 5.21 Å². The molecule has 1 amide bonds. The summed E-state index contributed by atoms with van der Waals surface area (Å²) in [4.78, 5) is 23.7. The Morgan fingerprint density at radius 2 is 1.64 bits per heavy atom. The fourth-order valence-electron chi connectivity index (χ4n) is 1.64. The molecule has 1 heterocycles. The van der Waals surface area contributed by atoms with Crippen molar-refractivity contribution in [1.82, 2.24) is 0 Å². The van der Waals surface area contributed by atoms with Crippen LogP contribution in [-0.4, -0.2) is 11.7 Å². The number of nitrogens with one attached hydrogen (secondary N) is 1. The Morgan fingerprint density at radius 1 is 1.05 bits per heavy atom. The summed E-state index contributed by atoms with van der Waals surface area (Å²) < 4.78 is 0.587. The monoisotopic (exact) mass is 358 g/mol. The van der Waals surface area contributed by atoms with Crippen LogP contribution in [0.4, 0.5) is 5.69 Å². The highest BCUT2D eigenvalue weighted by molar-refractivity contribution is 6.45. The first kappa shape index (κ1) is 16.5. The molecule has 5 nitrogen and oxygen atoms in total. The number of Topliss-reactive ketones (excluding diaryl/α,β-unsaturated/α-hetero) is 1. The zero-order chi connectivity index (χ0) is 16.3. The minimum absolute atomic E-state index is 0.133. The van der Waals surface area contributed by atoms with Crippen LogP contribution in [0.3, 0.4) is 0 Å². The van der Waals surface area contributed by atoms with E-state index in [1.165, 1.54) is 36.7 Å². The summed E-state index contributed by atoms with van der Waals surface area (Å²) in [6.45, 7) is 0. The summed E-state index contributed by atoms with van der Waals surface area (Å²) in [5.74, 6) is -1.51. The van der Waals surface area contributed by atoms with E-state index in [4.69, 9.17) is 34.8 Å². The van der Waals surface area contributed by atoms with E-state index in [2.05, 4.69) is 5.32 Å². The normalized spacial score (nSPS) is 10.3. The first-order chi connectivity index (χ1) is 10.4. The molecule has 1 aromatic carbocycles. The molecule has 2 aromatic rings. The van der Waals surface area contributed by atoms with Crippen LogP contribution in [0.1, 0.15) is 5.56 Å². The molecule has 1 N–H and O–H groups in total. The summed E-state index contributed by atoms with van der Waals surface area (Å²) in [5, 5.41) is 13.9. The highest BCUT2D eigenvalue weighted by Crippen LogP contribution is 2.32. The number of pyridine rings is 1. The van der Waals surface area contributed by atoms with Gasteiger partial charge in [-0.3, -0.25) is 9.59 Å². The number of aromatic nitrogens is 1. The first-order valence-corrected chi connectivity index (χ1v) is 7.16. The molecule has 0 aliphatic rings. The van der Waals surface area contributed by atoms with Crippen LogP contribution in [0.25, 0.3) is 0 Å². The molecular weight excluding hydrogens is 351 g/mol. The van der Waals surface area contributed by atoms with Crippen molar-refractivity contribution in [3.63, 3.8) is 0 Å². The SMILES string of the molecule is O=C(Cc1cc[n+]([O-])cc1)C(=O)Nc1cc(Cl)c(Cl)cc1Cl. The fourth-order valence-corrected chi connectivity index (χ4v) is 2.23. The maximum atomic E-state index is 11.9. The van der Waals surface area contributed by atoms with E-state index >= 15 is 0 Å². The van der Waals surface area contributed by atoms with Crippen LogP contribution in [0.2, 0.25) is 15.1 Å². The lowest BCUT2D eigenvalue weighted by molar-refractivity contribution is -0.605. The van der Waals surface area contributed by atoms with Crippen molar-refractivity contribution in [2.24, 2.45) is 0 Å². The molecule has 0 unspecified atom stereocenters. The molecule has 0 atom stereocenters. The minimum Gasteiger partial charge on any atom is -0.619 e. The molecule has 8 heteroatoms. The standard InChI is InChI=1S/C14H9Cl3N2O3/c15-9-6-11(17)12(7-10(9)16)18-14(21)13(20)5-8-1-3-19(22)4-2-8/h1-4,6-7H,5H2,(H,18,21). The van der Waals surface area contributed by atoms with Crippen molar-refractivity contribution in [2.45, 2.75) is 6.42 Å². The number of ketones is 1. The molecule has 1 aromatic heterocycles. The molecule has 0 radical (unpaired) electrons. The van der Waals surface area contributed by atoms with Gasteiger partial charge in [0, 0.05) is 18.6 Å². The molecule has 0 aliphatic carbocycles. The van der Waals surface area contributed by atoms with Crippen LogP contribution in [0.5, 0.6) is 0 Å². The lowest BCUT2D eigenvalue weighted by Gasteiger charge is -2.08. The predicted molar refractivity (Wildman–Crippen MR) is 84.2 cm³/mol. The molecular formula is C14H9Cl3N2O3. The van der Waals surface area contributed by atoms with Gasteiger partial charge in [-0.2, -0.15) is 4.73 Å². The van der Waals surface area contributed by atoms with Gasteiger partial charge in [0.2, 0.25) is 5.78 Å². The zero-order valence-corrected chi connectivity index (χ0v) is 13.2. The summed E-state index contributed by atoms with van der Waals surface area (Å²) in [5.41, 5.74) is 0.743. The first-order valence-electron chi connectivity index (χ1n) is 6.03. The Balaban J connectivity index is 2.07. The predicted octanol–water partition coefficient (Wildman–Crippen LogP) is 3.03. The van der Waals surface area contributed by atoms with E-state index in [9.17, 15) is 14.8 Å². The van der Waals surface area contributed by atoms with Crippen LogP contribution in [0.15, 0.2) is 36.7 Å². The van der Waals surface area contributed by atoms with Gasteiger partial charge in [-0.25, -0.2) is 0 Å². The summed E-state index contributed by atoms with van der Waals surface area (Å²) in [6.07, 6.45) is 2.36. The zero-order valence-electron chi connectivity index (χ0n) is 11.0. The molecule has 22 heavy (non-hydrogen) atoms. The van der Waals surface area contributed by atoms with Gasteiger partial charge < -0.3 is 10.5 Å². The number of carbonyl (C=O) groups excluding carboxylic acids is 2. The van der Waals surface area contributed by atoms with Gasteiger partial charge in [-0.15, -0.1) is 0 Å². The van der Waals surface area contributed by atoms with Crippen molar-refractivity contribution in [1.29, 1.82) is 0 Å². The van der Waals surface area contributed by atoms with E-state index < -0.39 is 11.7 Å². The Labute approximate surface area is 141 Å². The summed E-state index contributed by atoms with van der Waals surface area (Å²) in [7, 11) is 0. The quantitative estimate of drug-likeness (QED) is 0.395. The van der Waals surface area contributed by atoms with Gasteiger partial charge in [0.05, 0.1) is 20.8 Å². The highest BCUT2D eigenvalue weighted by atomic mass is 35.5.